The van der Waals surface area contributed by atoms with E-state index in [2.05, 4.69) is 0 Å². The summed E-state index contributed by atoms with van der Waals surface area (Å²) in [7, 11) is 3.07. The maximum Gasteiger partial charge on any atom is 0.240 e. The van der Waals surface area contributed by atoms with Crippen LogP contribution >= 0.6 is 0 Å². The van der Waals surface area contributed by atoms with Crippen molar-refractivity contribution in [1.29, 1.82) is 0 Å². The van der Waals surface area contributed by atoms with Gasteiger partial charge in [0.2, 0.25) is 11.8 Å². The van der Waals surface area contributed by atoms with Crippen LogP contribution in [0.2, 0.25) is 0 Å². The molecule has 7 heteroatoms. The molecule has 0 fully saturated rings. The van der Waals surface area contributed by atoms with Gasteiger partial charge >= 0.3 is 0 Å². The molecular weight excluding hydrogens is 346 g/mol. The number of ether oxygens (including phenoxy) is 1. The maximum absolute atomic E-state index is 13.0. The van der Waals surface area contributed by atoms with E-state index in [4.69, 9.17) is 16.2 Å². The Labute approximate surface area is 161 Å². The topological polar surface area (TPSA) is 116 Å². The molecule has 1 aromatic carbocycles. The molecule has 0 aliphatic carbocycles. The predicted molar refractivity (Wildman–Crippen MR) is 104 cm³/mol. The van der Waals surface area contributed by atoms with Crippen LogP contribution in [0.15, 0.2) is 30.3 Å². The van der Waals surface area contributed by atoms with Crippen LogP contribution < -0.4 is 11.5 Å². The Bertz CT molecular complexity index is 650. The molecule has 0 aliphatic heterocycles. The molecule has 7 nitrogen and oxygen atoms in total. The molecule has 1 rings (SSSR count). The van der Waals surface area contributed by atoms with Crippen molar-refractivity contribution in [2.45, 2.75) is 32.7 Å². The fraction of sp³-hybridized carbons (Fsp3) is 0.550. The lowest BCUT2D eigenvalue weighted by molar-refractivity contribution is -0.150. The largest absolute Gasteiger partial charge is 0.383 e. The van der Waals surface area contributed by atoms with Crippen molar-refractivity contribution in [3.8, 4) is 0 Å². The van der Waals surface area contributed by atoms with Crippen LogP contribution in [-0.4, -0.2) is 55.8 Å². The van der Waals surface area contributed by atoms with Crippen molar-refractivity contribution in [3.63, 3.8) is 0 Å². The molecule has 0 aromatic heterocycles. The van der Waals surface area contributed by atoms with Gasteiger partial charge in [0.05, 0.1) is 6.61 Å². The van der Waals surface area contributed by atoms with E-state index in [1.165, 1.54) is 18.9 Å². The summed E-state index contributed by atoms with van der Waals surface area (Å²) >= 11 is 0. The number of rotatable bonds is 11. The first-order valence-corrected chi connectivity index (χ1v) is 9.03. The van der Waals surface area contributed by atoms with E-state index in [1.54, 1.807) is 14.0 Å². The lowest BCUT2D eigenvalue weighted by Crippen LogP contribution is -2.61. The standard InChI is InChI=1S/C20H31N3O4/c1-14(10-11-15-8-6-5-7-9-15)17(24)20(2,19(22)26)16(21)18(25)23(3)12-13-27-4/h5-9,14,16H,10-13,21H2,1-4H3,(H2,22,26)/t14-,16?,20-/m1/s1. The summed E-state index contributed by atoms with van der Waals surface area (Å²) in [5, 5.41) is 0. The minimum atomic E-state index is -1.77. The number of ketones is 1. The van der Waals surface area contributed by atoms with Gasteiger partial charge in [-0.05, 0) is 25.3 Å². The number of likely N-dealkylation sites (N-methyl/N-ethyl adjacent to an activating group) is 1. The SMILES string of the molecule is COCCN(C)C(=O)C(N)[C@@](C)(C(N)=O)C(=O)[C@H](C)CCc1ccccc1. The zero-order valence-corrected chi connectivity index (χ0v) is 16.6. The number of nitrogens with two attached hydrogens (primary N) is 2. The van der Waals surface area contributed by atoms with Gasteiger partial charge in [0, 0.05) is 26.6 Å². The van der Waals surface area contributed by atoms with Crippen LogP contribution in [0.1, 0.15) is 25.8 Å². The number of benzene rings is 1. The molecule has 0 aliphatic rings. The highest BCUT2D eigenvalue weighted by Gasteiger charge is 2.50. The van der Waals surface area contributed by atoms with Gasteiger partial charge in [-0.2, -0.15) is 0 Å². The summed E-state index contributed by atoms with van der Waals surface area (Å²) < 4.78 is 4.94. The van der Waals surface area contributed by atoms with Gasteiger partial charge in [-0.1, -0.05) is 37.3 Å². The molecule has 150 valence electrons. The van der Waals surface area contributed by atoms with Crippen LogP contribution in [0, 0.1) is 11.3 Å². The van der Waals surface area contributed by atoms with Crippen LogP contribution in [0.5, 0.6) is 0 Å². The monoisotopic (exact) mass is 377 g/mol. The highest BCUT2D eigenvalue weighted by Crippen LogP contribution is 2.28. The third-order valence-corrected chi connectivity index (χ3v) is 5.08. The smallest absolute Gasteiger partial charge is 0.240 e. The Morgan fingerprint density at radius 1 is 1.22 bits per heavy atom. The Balaban J connectivity index is 2.90. The minimum Gasteiger partial charge on any atom is -0.383 e. The molecule has 2 amide bonds. The molecule has 0 saturated carbocycles. The van der Waals surface area contributed by atoms with Crippen molar-refractivity contribution < 1.29 is 19.1 Å². The molecule has 0 heterocycles. The quantitative estimate of drug-likeness (QED) is 0.552. The number of hydrogen-bond donors (Lipinski definition) is 2. The average Bonchev–Trinajstić information content (AvgIpc) is 2.68. The summed E-state index contributed by atoms with van der Waals surface area (Å²) in [6, 6.07) is 8.39. The number of Topliss-reactive ketones (excluding diaryl/α,β-unsaturated/α-hetero) is 1. The van der Waals surface area contributed by atoms with Gasteiger partial charge < -0.3 is 21.1 Å². The van der Waals surface area contributed by atoms with Gasteiger partial charge in [-0.3, -0.25) is 14.4 Å². The number of methoxy groups -OCH3 is 1. The lowest BCUT2D eigenvalue weighted by Gasteiger charge is -2.34. The molecular formula is C20H31N3O4. The van der Waals surface area contributed by atoms with E-state index in [9.17, 15) is 14.4 Å². The molecule has 1 aromatic rings. The van der Waals surface area contributed by atoms with Crippen molar-refractivity contribution in [2.75, 3.05) is 27.3 Å². The molecule has 0 radical (unpaired) electrons. The molecule has 27 heavy (non-hydrogen) atoms. The van der Waals surface area contributed by atoms with Crippen molar-refractivity contribution in [1.82, 2.24) is 4.90 Å². The van der Waals surface area contributed by atoms with Crippen LogP contribution in [0.4, 0.5) is 0 Å². The summed E-state index contributed by atoms with van der Waals surface area (Å²) in [5.41, 5.74) is 10.9. The third-order valence-electron chi connectivity index (χ3n) is 5.08. The van der Waals surface area contributed by atoms with Gasteiger partial charge in [0.25, 0.3) is 0 Å². The normalized spacial score (nSPS) is 15.4. The number of hydrogen-bond acceptors (Lipinski definition) is 5. The summed E-state index contributed by atoms with van der Waals surface area (Å²) in [4.78, 5) is 39.1. The van der Waals surface area contributed by atoms with Gasteiger partial charge in [0.1, 0.15) is 11.5 Å². The number of amides is 2. The van der Waals surface area contributed by atoms with Gasteiger partial charge in [-0.15, -0.1) is 0 Å². The Morgan fingerprint density at radius 3 is 2.33 bits per heavy atom. The van der Waals surface area contributed by atoms with Crippen molar-refractivity contribution in [2.24, 2.45) is 22.8 Å². The first-order chi connectivity index (χ1) is 12.7. The first-order valence-electron chi connectivity index (χ1n) is 9.03. The Kier molecular flexibility index (Phi) is 8.59. The van der Waals surface area contributed by atoms with Gasteiger partial charge in [0.15, 0.2) is 5.78 Å². The third kappa shape index (κ3) is 5.61. The molecule has 0 saturated heterocycles. The highest BCUT2D eigenvalue weighted by atomic mass is 16.5. The summed E-state index contributed by atoms with van der Waals surface area (Å²) in [6.07, 6.45) is 1.21. The lowest BCUT2D eigenvalue weighted by atomic mass is 9.72. The number of nitrogens with zero attached hydrogens (tertiary/aromatic N) is 1. The second kappa shape index (κ2) is 10.2. The zero-order chi connectivity index (χ0) is 20.6. The molecule has 3 atom stereocenters. The molecule has 0 bridgehead atoms. The average molecular weight is 377 g/mol. The minimum absolute atomic E-state index is 0.301. The van der Waals surface area contributed by atoms with Crippen molar-refractivity contribution in [3.05, 3.63) is 35.9 Å². The van der Waals surface area contributed by atoms with E-state index >= 15 is 0 Å². The Hall–Kier alpha value is -2.25. The number of carbonyl (C=O) groups is 3. The maximum atomic E-state index is 13.0. The van der Waals surface area contributed by atoms with Crippen molar-refractivity contribution >= 4 is 17.6 Å². The predicted octanol–water partition coefficient (Wildman–Crippen LogP) is 0.748. The van der Waals surface area contributed by atoms with Gasteiger partial charge in [-0.25, -0.2) is 0 Å². The molecule has 1 unspecified atom stereocenters. The number of carbonyl (C=O) groups excluding carboxylic acids is 3. The van der Waals surface area contributed by atoms with E-state index < -0.39 is 35.0 Å². The summed E-state index contributed by atoms with van der Waals surface area (Å²) in [5.74, 6) is -2.28. The van der Waals surface area contributed by atoms with E-state index in [0.29, 0.717) is 26.0 Å². The van der Waals surface area contributed by atoms with Crippen LogP contribution in [-0.2, 0) is 25.5 Å². The fourth-order valence-corrected chi connectivity index (χ4v) is 2.92. The molecule has 4 N–H and O–H groups in total. The van der Waals surface area contributed by atoms with Crippen LogP contribution in [0.25, 0.3) is 0 Å². The van der Waals surface area contributed by atoms with E-state index in [0.717, 1.165) is 5.56 Å². The van der Waals surface area contributed by atoms with E-state index in [1.807, 2.05) is 30.3 Å². The second-order valence-corrected chi connectivity index (χ2v) is 7.09. The Morgan fingerprint density at radius 2 is 1.81 bits per heavy atom. The first kappa shape index (κ1) is 22.8. The fourth-order valence-electron chi connectivity index (χ4n) is 2.92. The zero-order valence-electron chi connectivity index (χ0n) is 16.6. The summed E-state index contributed by atoms with van der Waals surface area (Å²) in [6.45, 7) is 3.72. The molecule has 0 spiro atoms. The number of aryl methyl sites for hydroxylation is 1. The van der Waals surface area contributed by atoms with Crippen LogP contribution in [0.3, 0.4) is 0 Å². The second-order valence-electron chi connectivity index (χ2n) is 7.09. The highest BCUT2D eigenvalue weighted by molar-refractivity contribution is 6.10. The van der Waals surface area contributed by atoms with E-state index in [-0.39, 0.29) is 0 Å². The number of primary amides is 1.